The van der Waals surface area contributed by atoms with E-state index < -0.39 is 0 Å². The third kappa shape index (κ3) is 3.58. The first-order chi connectivity index (χ1) is 14.0. The predicted molar refractivity (Wildman–Crippen MR) is 114 cm³/mol. The molecule has 8 heteroatoms. The number of carbonyl (C=O) groups excluding carboxylic acids is 2. The van der Waals surface area contributed by atoms with Crippen LogP contribution in [0.15, 0.2) is 48.3 Å². The lowest BCUT2D eigenvalue weighted by atomic mass is 10.0. The Hall–Kier alpha value is -2.57. The number of piperazine rings is 1. The average molecular weight is 431 g/mol. The molecule has 1 fully saturated rings. The van der Waals surface area contributed by atoms with Crippen molar-refractivity contribution in [2.24, 2.45) is 0 Å². The Bertz CT molecular complexity index is 985. The molecule has 0 atom stereocenters. The van der Waals surface area contributed by atoms with Crippen molar-refractivity contribution in [2.75, 3.05) is 37.6 Å². The lowest BCUT2D eigenvalue weighted by Gasteiger charge is -2.37. The molecule has 2 aromatic rings. The van der Waals surface area contributed by atoms with Crippen molar-refractivity contribution in [3.63, 3.8) is 0 Å². The highest BCUT2D eigenvalue weighted by molar-refractivity contribution is 6.41. The number of imide groups is 1. The third-order valence-corrected chi connectivity index (χ3v) is 5.78. The van der Waals surface area contributed by atoms with Crippen LogP contribution in [0.2, 0.25) is 10.0 Å². The summed E-state index contributed by atoms with van der Waals surface area (Å²) in [6.07, 6.45) is 1.77. The molecule has 6 nitrogen and oxygen atoms in total. The molecule has 4 rings (SSSR count). The Kier molecular flexibility index (Phi) is 5.48. The second-order valence-electron chi connectivity index (χ2n) is 6.86. The molecule has 3 heterocycles. The number of pyridine rings is 1. The minimum atomic E-state index is -0.316. The van der Waals surface area contributed by atoms with Crippen molar-refractivity contribution in [1.82, 2.24) is 14.8 Å². The van der Waals surface area contributed by atoms with Gasteiger partial charge >= 0.3 is 0 Å². The number of halogens is 2. The molecule has 1 aromatic carbocycles. The van der Waals surface area contributed by atoms with E-state index in [9.17, 15) is 9.59 Å². The number of aromatic nitrogens is 1. The summed E-state index contributed by atoms with van der Waals surface area (Å²) in [4.78, 5) is 35.9. The average Bonchev–Trinajstić information content (AvgIpc) is 2.98. The highest BCUT2D eigenvalue weighted by Crippen LogP contribution is 2.36. The molecule has 29 heavy (non-hydrogen) atoms. The summed E-state index contributed by atoms with van der Waals surface area (Å²) in [5.74, 6) is 0.319. The van der Waals surface area contributed by atoms with Gasteiger partial charge in [0.15, 0.2) is 0 Å². The van der Waals surface area contributed by atoms with Gasteiger partial charge in [-0.15, -0.1) is 0 Å². The van der Waals surface area contributed by atoms with Gasteiger partial charge in [-0.3, -0.25) is 14.5 Å². The molecule has 150 valence electrons. The lowest BCUT2D eigenvalue weighted by Crippen LogP contribution is -2.47. The van der Waals surface area contributed by atoms with E-state index in [0.29, 0.717) is 59.6 Å². The summed E-state index contributed by atoms with van der Waals surface area (Å²) in [6, 6.07) is 10.8. The number of anilines is 1. The number of hydrogen-bond acceptors (Lipinski definition) is 5. The van der Waals surface area contributed by atoms with Crippen LogP contribution in [0.1, 0.15) is 12.5 Å². The SMILES string of the molecule is CCN1C(=O)C(c2ccc(Cl)cc2Cl)=C(N2CCN(c3ccccn3)CC2)C1=O. The number of likely N-dealkylation sites (N-methyl/N-ethyl adjacent to an activating group) is 1. The van der Waals surface area contributed by atoms with E-state index in [0.717, 1.165) is 5.82 Å². The van der Waals surface area contributed by atoms with Gasteiger partial charge in [0.2, 0.25) is 0 Å². The highest BCUT2D eigenvalue weighted by atomic mass is 35.5. The Morgan fingerprint density at radius 2 is 1.69 bits per heavy atom. The predicted octanol–water partition coefficient (Wildman–Crippen LogP) is 3.31. The number of hydrogen-bond donors (Lipinski definition) is 0. The molecule has 2 amide bonds. The maximum Gasteiger partial charge on any atom is 0.277 e. The highest BCUT2D eigenvalue weighted by Gasteiger charge is 2.42. The smallest absolute Gasteiger partial charge is 0.277 e. The van der Waals surface area contributed by atoms with E-state index >= 15 is 0 Å². The molecular weight excluding hydrogens is 411 g/mol. The standard InChI is InChI=1S/C21H20Cl2N4O2/c1-2-27-20(28)18(15-7-6-14(22)13-16(15)23)19(21(27)29)26-11-9-25(10-12-26)17-5-3-4-8-24-17/h3-8,13H,2,9-12H2,1H3. The van der Waals surface area contributed by atoms with Crippen LogP contribution in [0.3, 0.4) is 0 Å². The van der Waals surface area contributed by atoms with Gasteiger partial charge < -0.3 is 9.80 Å². The maximum atomic E-state index is 13.1. The Labute approximate surface area is 179 Å². The van der Waals surface area contributed by atoms with E-state index in [4.69, 9.17) is 23.2 Å². The first-order valence-corrected chi connectivity index (χ1v) is 10.2. The second-order valence-corrected chi connectivity index (χ2v) is 7.71. The molecule has 0 radical (unpaired) electrons. The lowest BCUT2D eigenvalue weighted by molar-refractivity contribution is -0.137. The van der Waals surface area contributed by atoms with Gasteiger partial charge in [0, 0.05) is 49.5 Å². The minimum Gasteiger partial charge on any atom is -0.363 e. The molecule has 2 aliphatic rings. The fourth-order valence-corrected chi connectivity index (χ4v) is 4.28. The van der Waals surface area contributed by atoms with Crippen molar-refractivity contribution in [2.45, 2.75) is 6.92 Å². The largest absolute Gasteiger partial charge is 0.363 e. The molecular formula is C21H20Cl2N4O2. The molecule has 0 saturated carbocycles. The van der Waals surface area contributed by atoms with Gasteiger partial charge in [0.1, 0.15) is 11.5 Å². The minimum absolute atomic E-state index is 0.273. The number of carbonyl (C=O) groups is 2. The number of amides is 2. The summed E-state index contributed by atoms with van der Waals surface area (Å²) in [7, 11) is 0. The zero-order chi connectivity index (χ0) is 20.5. The quantitative estimate of drug-likeness (QED) is 0.696. The third-order valence-electron chi connectivity index (χ3n) is 5.23. The molecule has 1 aromatic heterocycles. The van der Waals surface area contributed by atoms with E-state index in [1.165, 1.54) is 4.90 Å². The summed E-state index contributed by atoms with van der Waals surface area (Å²) < 4.78 is 0. The van der Waals surface area contributed by atoms with Crippen molar-refractivity contribution in [1.29, 1.82) is 0 Å². The molecule has 1 saturated heterocycles. The number of benzene rings is 1. The zero-order valence-corrected chi connectivity index (χ0v) is 17.5. The van der Waals surface area contributed by atoms with Crippen LogP contribution < -0.4 is 4.90 Å². The molecule has 0 bridgehead atoms. The van der Waals surface area contributed by atoms with E-state index in [1.54, 1.807) is 31.3 Å². The van der Waals surface area contributed by atoms with Crippen LogP contribution in [0.5, 0.6) is 0 Å². The summed E-state index contributed by atoms with van der Waals surface area (Å²) in [6.45, 7) is 4.72. The summed E-state index contributed by atoms with van der Waals surface area (Å²) >= 11 is 12.4. The molecule has 2 aliphatic heterocycles. The van der Waals surface area contributed by atoms with Crippen molar-refractivity contribution >= 4 is 46.4 Å². The first kappa shape index (κ1) is 19.7. The topological polar surface area (TPSA) is 56.8 Å². The monoisotopic (exact) mass is 430 g/mol. The first-order valence-electron chi connectivity index (χ1n) is 9.48. The zero-order valence-electron chi connectivity index (χ0n) is 15.9. The summed E-state index contributed by atoms with van der Waals surface area (Å²) in [5, 5.41) is 0.838. The molecule has 0 spiro atoms. The fraction of sp³-hybridized carbons (Fsp3) is 0.286. The van der Waals surface area contributed by atoms with Gasteiger partial charge in [-0.25, -0.2) is 4.98 Å². The van der Waals surface area contributed by atoms with E-state index in [2.05, 4.69) is 9.88 Å². The van der Waals surface area contributed by atoms with E-state index in [-0.39, 0.29) is 11.8 Å². The summed E-state index contributed by atoms with van der Waals surface area (Å²) in [5.41, 5.74) is 1.30. The maximum absolute atomic E-state index is 13.1. The second kappa shape index (κ2) is 8.05. The van der Waals surface area contributed by atoms with Crippen LogP contribution in [0.4, 0.5) is 5.82 Å². The fourth-order valence-electron chi connectivity index (χ4n) is 3.78. The normalized spacial score (nSPS) is 17.6. The van der Waals surface area contributed by atoms with Crippen LogP contribution in [0, 0.1) is 0 Å². The van der Waals surface area contributed by atoms with E-state index in [1.807, 2.05) is 23.1 Å². The van der Waals surface area contributed by atoms with Crippen molar-refractivity contribution in [3.8, 4) is 0 Å². The Morgan fingerprint density at radius 1 is 0.966 bits per heavy atom. The molecule has 0 aliphatic carbocycles. The van der Waals surface area contributed by atoms with Crippen molar-refractivity contribution in [3.05, 3.63) is 63.9 Å². The van der Waals surface area contributed by atoms with Crippen LogP contribution in [0.25, 0.3) is 5.57 Å². The van der Waals surface area contributed by atoms with Crippen LogP contribution >= 0.6 is 23.2 Å². The Morgan fingerprint density at radius 3 is 2.31 bits per heavy atom. The van der Waals surface area contributed by atoms with Gasteiger partial charge in [-0.2, -0.15) is 0 Å². The van der Waals surface area contributed by atoms with Gasteiger partial charge in [0.05, 0.1) is 10.6 Å². The van der Waals surface area contributed by atoms with Gasteiger partial charge in [0.25, 0.3) is 11.8 Å². The van der Waals surface area contributed by atoms with Crippen LogP contribution in [-0.2, 0) is 9.59 Å². The molecule has 0 N–H and O–H groups in total. The Balaban J connectivity index is 1.68. The van der Waals surface area contributed by atoms with Gasteiger partial charge in [-0.05, 0) is 31.2 Å². The number of rotatable bonds is 4. The van der Waals surface area contributed by atoms with Crippen LogP contribution in [-0.4, -0.2) is 59.3 Å². The molecule has 0 unspecified atom stereocenters. The van der Waals surface area contributed by atoms with Crippen molar-refractivity contribution < 1.29 is 9.59 Å². The van der Waals surface area contributed by atoms with Gasteiger partial charge in [-0.1, -0.05) is 35.3 Å². The number of nitrogens with zero attached hydrogens (tertiary/aromatic N) is 4.